The van der Waals surface area contributed by atoms with Gasteiger partial charge in [0.15, 0.2) is 0 Å². The highest BCUT2D eigenvalue weighted by atomic mass is 79.9. The van der Waals surface area contributed by atoms with Crippen LogP contribution in [0.25, 0.3) is 0 Å². The third-order valence-electron chi connectivity index (χ3n) is 1.68. The minimum absolute atomic E-state index is 0.236. The molecule has 0 fully saturated rings. The van der Waals surface area contributed by atoms with Crippen molar-refractivity contribution in [3.05, 3.63) is 45.7 Å². The zero-order valence-corrected chi connectivity index (χ0v) is 9.33. The molecule has 1 aromatic rings. The molecule has 0 amide bonds. The molecule has 0 nitrogen and oxygen atoms in total. The molecule has 1 rings (SSSR count). The van der Waals surface area contributed by atoms with Gasteiger partial charge in [0.25, 0.3) is 0 Å². The number of hydrogen-bond donors (Lipinski definition) is 0. The summed E-state index contributed by atoms with van der Waals surface area (Å²) in [5, 5.41) is 0.622. The van der Waals surface area contributed by atoms with Gasteiger partial charge in [-0.05, 0) is 30.5 Å². The van der Waals surface area contributed by atoms with Gasteiger partial charge < -0.3 is 0 Å². The molecule has 0 aliphatic heterocycles. The Morgan fingerprint density at radius 1 is 1.54 bits per heavy atom. The van der Waals surface area contributed by atoms with Crippen molar-refractivity contribution in [2.75, 3.05) is 0 Å². The molecule has 0 saturated heterocycles. The van der Waals surface area contributed by atoms with E-state index < -0.39 is 0 Å². The smallest absolute Gasteiger partial charge is 0.124 e. The van der Waals surface area contributed by atoms with Gasteiger partial charge in [-0.2, -0.15) is 0 Å². The summed E-state index contributed by atoms with van der Waals surface area (Å²) in [4.78, 5) is 0. The Labute approximate surface area is 90.5 Å². The first kappa shape index (κ1) is 10.7. The average Bonchev–Trinajstić information content (AvgIpc) is 2.02. The molecule has 0 saturated carbocycles. The number of aryl methyl sites for hydroxylation is 1. The Hall–Kier alpha value is -0.340. The third kappa shape index (κ3) is 3.49. The zero-order valence-electron chi connectivity index (χ0n) is 6.99. The minimum atomic E-state index is -0.236. The maximum atomic E-state index is 12.7. The van der Waals surface area contributed by atoms with E-state index in [0.717, 1.165) is 16.5 Å². The summed E-state index contributed by atoms with van der Waals surface area (Å²) in [5.41, 5.74) is 1.04. The van der Waals surface area contributed by atoms with Crippen molar-refractivity contribution in [3.63, 3.8) is 0 Å². The van der Waals surface area contributed by atoms with Crippen LogP contribution in [0.5, 0.6) is 0 Å². The van der Waals surface area contributed by atoms with Crippen LogP contribution in [0.3, 0.4) is 0 Å². The van der Waals surface area contributed by atoms with Crippen LogP contribution in [-0.2, 0) is 6.42 Å². The second kappa shape index (κ2) is 4.77. The fourth-order valence-electron chi connectivity index (χ4n) is 0.995. The van der Waals surface area contributed by atoms with Crippen molar-refractivity contribution >= 4 is 27.5 Å². The van der Waals surface area contributed by atoms with Gasteiger partial charge in [0.1, 0.15) is 5.82 Å². The summed E-state index contributed by atoms with van der Waals surface area (Å²) < 4.78 is 13.5. The van der Waals surface area contributed by atoms with Crippen LogP contribution < -0.4 is 0 Å². The topological polar surface area (TPSA) is 0 Å². The molecular formula is C10H9BrClF. The Kier molecular flexibility index (Phi) is 3.94. The highest BCUT2D eigenvalue weighted by molar-refractivity contribution is 9.10. The molecule has 0 aromatic heterocycles. The van der Waals surface area contributed by atoms with E-state index in [-0.39, 0.29) is 5.82 Å². The molecule has 70 valence electrons. The maximum absolute atomic E-state index is 12.7. The van der Waals surface area contributed by atoms with E-state index in [0.29, 0.717) is 11.5 Å². The Morgan fingerprint density at radius 3 is 2.77 bits per heavy atom. The third-order valence-corrected chi connectivity index (χ3v) is 2.61. The first-order valence-corrected chi connectivity index (χ1v) is 5.04. The van der Waals surface area contributed by atoms with Gasteiger partial charge in [-0.15, -0.1) is 0 Å². The van der Waals surface area contributed by atoms with Crippen LogP contribution in [0.4, 0.5) is 4.39 Å². The van der Waals surface area contributed by atoms with Gasteiger partial charge >= 0.3 is 0 Å². The molecule has 0 bridgehead atoms. The second-order valence-electron chi connectivity index (χ2n) is 2.75. The standard InChI is InChI=1S/C10H9BrClF/c1-7(12)2-3-8-4-5-9(13)6-10(8)11/h4-6H,1-3H2. The van der Waals surface area contributed by atoms with Crippen molar-refractivity contribution in [1.29, 1.82) is 0 Å². The first-order chi connectivity index (χ1) is 6.09. The Morgan fingerprint density at radius 2 is 2.23 bits per heavy atom. The maximum Gasteiger partial charge on any atom is 0.124 e. The lowest BCUT2D eigenvalue weighted by molar-refractivity contribution is 0.626. The summed E-state index contributed by atoms with van der Waals surface area (Å²) in [7, 11) is 0. The van der Waals surface area contributed by atoms with E-state index in [4.69, 9.17) is 11.6 Å². The van der Waals surface area contributed by atoms with E-state index >= 15 is 0 Å². The lowest BCUT2D eigenvalue weighted by Gasteiger charge is -2.03. The van der Waals surface area contributed by atoms with Gasteiger partial charge in [-0.3, -0.25) is 0 Å². The normalized spacial score (nSPS) is 10.1. The highest BCUT2D eigenvalue weighted by Crippen LogP contribution is 2.21. The lowest BCUT2D eigenvalue weighted by atomic mass is 10.1. The van der Waals surface area contributed by atoms with Gasteiger partial charge in [-0.1, -0.05) is 40.2 Å². The molecule has 0 spiro atoms. The molecule has 0 radical (unpaired) electrons. The van der Waals surface area contributed by atoms with Crippen LogP contribution in [0.1, 0.15) is 12.0 Å². The van der Waals surface area contributed by atoms with E-state index in [1.54, 1.807) is 6.07 Å². The van der Waals surface area contributed by atoms with Crippen LogP contribution in [0.15, 0.2) is 34.3 Å². The lowest BCUT2D eigenvalue weighted by Crippen LogP contribution is -1.87. The fraction of sp³-hybridized carbons (Fsp3) is 0.200. The van der Waals surface area contributed by atoms with Crippen molar-refractivity contribution in [3.8, 4) is 0 Å². The molecule has 0 atom stereocenters. The highest BCUT2D eigenvalue weighted by Gasteiger charge is 2.01. The van der Waals surface area contributed by atoms with Gasteiger partial charge in [0, 0.05) is 9.51 Å². The molecular weight excluding hydrogens is 254 g/mol. The number of rotatable bonds is 3. The Balaban J connectivity index is 2.72. The van der Waals surface area contributed by atoms with Crippen LogP contribution in [-0.4, -0.2) is 0 Å². The summed E-state index contributed by atoms with van der Waals surface area (Å²) in [6.07, 6.45) is 1.50. The van der Waals surface area contributed by atoms with Crippen LogP contribution in [0, 0.1) is 5.82 Å². The van der Waals surface area contributed by atoms with Crippen LogP contribution >= 0.6 is 27.5 Å². The second-order valence-corrected chi connectivity index (χ2v) is 4.14. The van der Waals surface area contributed by atoms with Crippen molar-refractivity contribution < 1.29 is 4.39 Å². The average molecular weight is 264 g/mol. The van der Waals surface area contributed by atoms with E-state index in [2.05, 4.69) is 22.5 Å². The monoisotopic (exact) mass is 262 g/mol. The summed E-state index contributed by atoms with van der Waals surface area (Å²) in [6.45, 7) is 3.59. The van der Waals surface area contributed by atoms with E-state index in [1.807, 2.05) is 0 Å². The van der Waals surface area contributed by atoms with E-state index in [1.165, 1.54) is 12.1 Å². The molecule has 0 unspecified atom stereocenters. The van der Waals surface area contributed by atoms with Gasteiger partial charge in [0.05, 0.1) is 0 Å². The first-order valence-electron chi connectivity index (χ1n) is 3.87. The van der Waals surface area contributed by atoms with Gasteiger partial charge in [0.2, 0.25) is 0 Å². The van der Waals surface area contributed by atoms with Crippen molar-refractivity contribution in [1.82, 2.24) is 0 Å². The molecule has 1 aromatic carbocycles. The number of allylic oxidation sites excluding steroid dienone is 1. The van der Waals surface area contributed by atoms with Gasteiger partial charge in [-0.25, -0.2) is 4.39 Å². The number of hydrogen-bond acceptors (Lipinski definition) is 0. The number of halogens is 3. The molecule has 0 aliphatic rings. The summed E-state index contributed by atoms with van der Waals surface area (Å²) >= 11 is 8.91. The minimum Gasteiger partial charge on any atom is -0.207 e. The predicted molar refractivity (Wildman–Crippen MR) is 57.4 cm³/mol. The largest absolute Gasteiger partial charge is 0.207 e. The van der Waals surface area contributed by atoms with Crippen molar-refractivity contribution in [2.24, 2.45) is 0 Å². The zero-order chi connectivity index (χ0) is 9.84. The quantitative estimate of drug-likeness (QED) is 0.764. The number of benzene rings is 1. The van der Waals surface area contributed by atoms with Crippen LogP contribution in [0.2, 0.25) is 0 Å². The Bertz CT molecular complexity index is 323. The molecule has 0 heterocycles. The predicted octanol–water partition coefficient (Wildman–Crippen LogP) is 4.27. The van der Waals surface area contributed by atoms with E-state index in [9.17, 15) is 4.39 Å². The van der Waals surface area contributed by atoms with Crippen molar-refractivity contribution in [2.45, 2.75) is 12.8 Å². The fourth-order valence-corrected chi connectivity index (χ4v) is 1.64. The summed E-state index contributed by atoms with van der Waals surface area (Å²) in [5.74, 6) is -0.236. The molecule has 0 N–H and O–H groups in total. The summed E-state index contributed by atoms with van der Waals surface area (Å²) in [6, 6.07) is 4.64. The SMILES string of the molecule is C=C(Cl)CCc1ccc(F)cc1Br. The molecule has 0 aliphatic carbocycles. The molecule has 3 heteroatoms. The molecule has 13 heavy (non-hydrogen) atoms.